The van der Waals surface area contributed by atoms with Gasteiger partial charge in [0.25, 0.3) is 11.5 Å². The molecule has 9 nitrogen and oxygen atoms in total. The average molecular weight is 419 g/mol. The Kier molecular flexibility index (Phi) is 4.89. The highest BCUT2D eigenvalue weighted by atomic mass is 32.2. The number of rotatable bonds is 4. The number of hydrogen-bond donors (Lipinski definition) is 0. The molecule has 1 amide bonds. The highest BCUT2D eigenvalue weighted by Crippen LogP contribution is 2.18. The Morgan fingerprint density at radius 1 is 1.34 bits per heavy atom. The van der Waals surface area contributed by atoms with Crippen molar-refractivity contribution in [2.75, 3.05) is 25.2 Å². The second kappa shape index (κ2) is 7.25. The lowest BCUT2D eigenvalue weighted by atomic mass is 10.1. The number of fused-ring (bicyclic) bond motifs is 2. The zero-order valence-corrected chi connectivity index (χ0v) is 16.8. The molecule has 2 aromatic rings. The lowest BCUT2D eigenvalue weighted by Gasteiger charge is -2.23. The smallest absolute Gasteiger partial charge is 0.338 e. The van der Waals surface area contributed by atoms with E-state index in [1.807, 2.05) is 0 Å². The zero-order chi connectivity index (χ0) is 20.8. The van der Waals surface area contributed by atoms with Gasteiger partial charge in [0.1, 0.15) is 5.82 Å². The number of ether oxygens (including phenoxy) is 1. The number of benzene rings is 1. The number of amides is 1. The van der Waals surface area contributed by atoms with Crippen LogP contribution in [-0.4, -0.2) is 65.9 Å². The first kappa shape index (κ1) is 19.6. The van der Waals surface area contributed by atoms with Crippen LogP contribution < -0.4 is 5.56 Å². The van der Waals surface area contributed by atoms with E-state index in [-0.39, 0.29) is 22.6 Å². The number of aromatic nitrogens is 2. The number of hydrogen-bond acceptors (Lipinski definition) is 7. The van der Waals surface area contributed by atoms with Gasteiger partial charge in [0.15, 0.2) is 16.4 Å². The topological polar surface area (TPSA) is 116 Å². The van der Waals surface area contributed by atoms with E-state index in [2.05, 4.69) is 4.98 Å². The lowest BCUT2D eigenvalue weighted by Crippen LogP contribution is -2.40. The molecule has 0 N–H and O–H groups in total. The Labute approximate surface area is 167 Å². The molecule has 0 aliphatic carbocycles. The molecule has 0 radical (unpaired) electrons. The highest BCUT2D eigenvalue weighted by molar-refractivity contribution is 7.91. The van der Waals surface area contributed by atoms with Crippen LogP contribution in [0.25, 0.3) is 10.9 Å². The maximum Gasteiger partial charge on any atom is 0.338 e. The maximum atomic E-state index is 12.5. The summed E-state index contributed by atoms with van der Waals surface area (Å²) in [6.07, 6.45) is 1.97. The Morgan fingerprint density at radius 3 is 2.86 bits per heavy atom. The number of aryl methyl sites for hydroxylation is 1. The normalized spacial score (nSPS) is 19.8. The van der Waals surface area contributed by atoms with E-state index in [1.165, 1.54) is 24.1 Å². The van der Waals surface area contributed by atoms with Crippen molar-refractivity contribution in [2.45, 2.75) is 31.8 Å². The van der Waals surface area contributed by atoms with Crippen molar-refractivity contribution in [3.63, 3.8) is 0 Å². The van der Waals surface area contributed by atoms with Crippen LogP contribution in [-0.2, 0) is 32.3 Å². The minimum atomic E-state index is -3.11. The third kappa shape index (κ3) is 3.76. The van der Waals surface area contributed by atoms with Gasteiger partial charge in [-0.2, -0.15) is 0 Å². The summed E-state index contributed by atoms with van der Waals surface area (Å²) in [5.41, 5.74) is 0.509. The molecule has 1 saturated heterocycles. The van der Waals surface area contributed by atoms with Gasteiger partial charge in [-0.25, -0.2) is 18.2 Å². The fourth-order valence-electron chi connectivity index (χ4n) is 3.81. The van der Waals surface area contributed by atoms with Crippen molar-refractivity contribution in [1.82, 2.24) is 14.5 Å². The molecule has 29 heavy (non-hydrogen) atoms. The number of sulfone groups is 1. The molecule has 1 aromatic carbocycles. The van der Waals surface area contributed by atoms with E-state index < -0.39 is 34.4 Å². The van der Waals surface area contributed by atoms with E-state index in [0.717, 1.165) is 12.8 Å². The molecule has 1 atom stereocenters. The molecule has 4 rings (SSSR count). The Balaban J connectivity index is 1.45. The van der Waals surface area contributed by atoms with Crippen LogP contribution in [0.1, 0.15) is 29.0 Å². The molecule has 2 aliphatic rings. The Bertz CT molecular complexity index is 1170. The van der Waals surface area contributed by atoms with Gasteiger partial charge in [0.05, 0.1) is 28.0 Å². The number of esters is 1. The average Bonchev–Trinajstić information content (AvgIpc) is 3.31. The Morgan fingerprint density at radius 2 is 2.14 bits per heavy atom. The van der Waals surface area contributed by atoms with Gasteiger partial charge >= 0.3 is 5.97 Å². The molecule has 10 heteroatoms. The highest BCUT2D eigenvalue weighted by Gasteiger charge is 2.33. The number of carbonyl (C=O) groups excluding carboxylic acids is 2. The van der Waals surface area contributed by atoms with E-state index in [4.69, 9.17) is 4.74 Å². The van der Waals surface area contributed by atoms with Crippen molar-refractivity contribution >= 4 is 32.6 Å². The molecular formula is C19H21N3O6S. The van der Waals surface area contributed by atoms with Crippen molar-refractivity contribution in [3.8, 4) is 0 Å². The van der Waals surface area contributed by atoms with Crippen molar-refractivity contribution in [1.29, 1.82) is 0 Å². The summed E-state index contributed by atoms with van der Waals surface area (Å²) in [5.74, 6) is -0.468. The van der Waals surface area contributed by atoms with Crippen LogP contribution in [0.4, 0.5) is 0 Å². The number of carbonyl (C=O) groups is 2. The summed E-state index contributed by atoms with van der Waals surface area (Å²) in [6.45, 7) is 0.170. The van der Waals surface area contributed by atoms with Crippen LogP contribution in [0.3, 0.4) is 0 Å². The lowest BCUT2D eigenvalue weighted by molar-refractivity contribution is -0.134. The molecule has 3 heterocycles. The quantitative estimate of drug-likeness (QED) is 0.648. The third-order valence-corrected chi connectivity index (χ3v) is 7.28. The van der Waals surface area contributed by atoms with Crippen LogP contribution >= 0.6 is 0 Å². The number of nitrogens with zero attached hydrogens (tertiary/aromatic N) is 3. The SMILES string of the molecule is CN(C(=O)COC(=O)c1ccc2c(=O)n3c(nc2c1)CCC3)[C@H]1CCS(=O)(=O)C1. The summed E-state index contributed by atoms with van der Waals surface area (Å²) in [4.78, 5) is 42.9. The first-order valence-electron chi connectivity index (χ1n) is 9.42. The second-order valence-electron chi connectivity index (χ2n) is 7.46. The summed E-state index contributed by atoms with van der Waals surface area (Å²) >= 11 is 0. The molecule has 1 fully saturated rings. The molecule has 0 spiro atoms. The summed E-state index contributed by atoms with van der Waals surface area (Å²) < 4.78 is 29.9. The van der Waals surface area contributed by atoms with Crippen molar-refractivity contribution in [2.24, 2.45) is 0 Å². The molecule has 0 unspecified atom stereocenters. The fraction of sp³-hybridized carbons (Fsp3) is 0.474. The van der Waals surface area contributed by atoms with E-state index in [1.54, 1.807) is 10.6 Å². The van der Waals surface area contributed by atoms with Gasteiger partial charge in [0.2, 0.25) is 0 Å². The third-order valence-electron chi connectivity index (χ3n) is 5.53. The van der Waals surface area contributed by atoms with E-state index in [0.29, 0.717) is 29.7 Å². The van der Waals surface area contributed by atoms with E-state index >= 15 is 0 Å². The molecule has 0 saturated carbocycles. The van der Waals surface area contributed by atoms with Crippen molar-refractivity contribution < 1.29 is 22.7 Å². The summed E-state index contributed by atoms with van der Waals surface area (Å²) in [7, 11) is -1.60. The largest absolute Gasteiger partial charge is 0.452 e. The zero-order valence-electron chi connectivity index (χ0n) is 16.0. The van der Waals surface area contributed by atoms with Gasteiger partial charge in [-0.1, -0.05) is 0 Å². The van der Waals surface area contributed by atoms with Gasteiger partial charge in [-0.05, 0) is 31.0 Å². The Hall–Kier alpha value is -2.75. The van der Waals surface area contributed by atoms with Crippen LogP contribution in [0, 0.1) is 0 Å². The second-order valence-corrected chi connectivity index (χ2v) is 9.69. The molecule has 0 bridgehead atoms. The molecule has 2 aliphatic heterocycles. The van der Waals surface area contributed by atoms with Crippen LogP contribution in [0.5, 0.6) is 0 Å². The van der Waals surface area contributed by atoms with Crippen molar-refractivity contribution in [3.05, 3.63) is 39.9 Å². The first-order chi connectivity index (χ1) is 13.7. The minimum Gasteiger partial charge on any atom is -0.452 e. The van der Waals surface area contributed by atoms with Crippen LogP contribution in [0.15, 0.2) is 23.0 Å². The standard InChI is InChI=1S/C19H21N3O6S/c1-21(13-6-8-29(26,27)11-13)17(23)10-28-19(25)12-4-5-14-15(9-12)20-16-3-2-7-22(16)18(14)24/h4-5,9,13H,2-3,6-8,10-11H2,1H3/t13-/m0/s1. The number of likely N-dealkylation sites (N-methyl/N-ethyl adjacent to an activating group) is 1. The van der Waals surface area contributed by atoms with E-state index in [9.17, 15) is 22.8 Å². The fourth-order valence-corrected chi connectivity index (χ4v) is 5.58. The molecule has 154 valence electrons. The van der Waals surface area contributed by atoms with Gasteiger partial charge < -0.3 is 9.64 Å². The monoisotopic (exact) mass is 419 g/mol. The summed E-state index contributed by atoms with van der Waals surface area (Å²) in [6, 6.07) is 4.12. The predicted octanol–water partition coefficient (Wildman–Crippen LogP) is 0.145. The van der Waals surface area contributed by atoms with Gasteiger partial charge in [-0.3, -0.25) is 14.2 Å². The van der Waals surface area contributed by atoms with Gasteiger partial charge in [-0.15, -0.1) is 0 Å². The summed E-state index contributed by atoms with van der Waals surface area (Å²) in [5, 5.41) is 0.436. The molecule has 1 aromatic heterocycles. The maximum absolute atomic E-state index is 12.5. The first-order valence-corrected chi connectivity index (χ1v) is 11.2. The molecular weight excluding hydrogens is 398 g/mol. The van der Waals surface area contributed by atoms with Gasteiger partial charge in [0, 0.05) is 26.1 Å². The van der Waals surface area contributed by atoms with Crippen LogP contribution in [0.2, 0.25) is 0 Å². The minimum absolute atomic E-state index is 0.0584. The predicted molar refractivity (Wildman–Crippen MR) is 104 cm³/mol.